The van der Waals surface area contributed by atoms with Crippen LogP contribution in [0, 0.1) is 0 Å². The molecular weight excluding hydrogens is 286 g/mol. The monoisotopic (exact) mass is 305 g/mol. The summed E-state index contributed by atoms with van der Waals surface area (Å²) in [6, 6.07) is 11.6. The zero-order valence-electron chi connectivity index (χ0n) is 11.9. The Kier molecular flexibility index (Phi) is 5.78. The van der Waals surface area contributed by atoms with E-state index in [0.29, 0.717) is 13.2 Å². The molecule has 0 radical (unpaired) electrons. The normalized spacial score (nSPS) is 12.0. The fourth-order valence-corrected chi connectivity index (χ4v) is 2.89. The van der Waals surface area contributed by atoms with Crippen LogP contribution in [0.3, 0.4) is 0 Å². The van der Waals surface area contributed by atoms with E-state index in [0.717, 1.165) is 16.2 Å². The van der Waals surface area contributed by atoms with E-state index in [1.807, 2.05) is 48.7 Å². The molecule has 1 unspecified atom stereocenters. The fourth-order valence-electron chi connectivity index (χ4n) is 2.09. The third kappa shape index (κ3) is 4.88. The number of rotatable bonds is 8. The van der Waals surface area contributed by atoms with Crippen LogP contribution in [0.1, 0.15) is 29.8 Å². The molecule has 4 nitrogen and oxygen atoms in total. The molecule has 21 heavy (non-hydrogen) atoms. The Morgan fingerprint density at radius 2 is 2.24 bits per heavy atom. The minimum Gasteiger partial charge on any atom is -0.494 e. The molecule has 0 aliphatic rings. The highest BCUT2D eigenvalue weighted by Gasteiger charge is 2.16. The number of hydrogen-bond donors (Lipinski definition) is 2. The Morgan fingerprint density at radius 1 is 1.38 bits per heavy atom. The highest BCUT2D eigenvalue weighted by molar-refractivity contribution is 7.10. The number of benzene rings is 1. The van der Waals surface area contributed by atoms with Crippen LogP contribution >= 0.6 is 11.3 Å². The van der Waals surface area contributed by atoms with Gasteiger partial charge in [0.2, 0.25) is 0 Å². The summed E-state index contributed by atoms with van der Waals surface area (Å²) in [4.78, 5) is 12.0. The first kappa shape index (κ1) is 15.5. The van der Waals surface area contributed by atoms with E-state index in [-0.39, 0.29) is 12.5 Å². The van der Waals surface area contributed by atoms with Crippen molar-refractivity contribution in [2.75, 3.05) is 6.61 Å². The van der Waals surface area contributed by atoms with Crippen molar-refractivity contribution in [3.63, 3.8) is 0 Å². The molecule has 5 heteroatoms. The summed E-state index contributed by atoms with van der Waals surface area (Å²) < 4.78 is 5.47. The summed E-state index contributed by atoms with van der Waals surface area (Å²) in [6.07, 6.45) is 0.0751. The molecule has 1 aromatic carbocycles. The molecule has 1 atom stereocenters. The maximum absolute atomic E-state index is 11.0. The van der Waals surface area contributed by atoms with Crippen LogP contribution in [0.2, 0.25) is 0 Å². The Morgan fingerprint density at radius 3 is 2.90 bits per heavy atom. The topological polar surface area (TPSA) is 58.6 Å². The van der Waals surface area contributed by atoms with E-state index in [9.17, 15) is 4.79 Å². The summed E-state index contributed by atoms with van der Waals surface area (Å²) in [5.41, 5.74) is 1.08. The van der Waals surface area contributed by atoms with Crippen LogP contribution < -0.4 is 10.1 Å². The Balaban J connectivity index is 2.01. The molecule has 1 aromatic heterocycles. The molecule has 2 aromatic rings. The van der Waals surface area contributed by atoms with E-state index < -0.39 is 5.97 Å². The van der Waals surface area contributed by atoms with Crippen LogP contribution in [-0.4, -0.2) is 17.7 Å². The SMILES string of the molecule is CCOc1cccc(CNC(CC(=O)O)c2cccs2)c1. The first-order valence-corrected chi connectivity index (χ1v) is 7.77. The summed E-state index contributed by atoms with van der Waals surface area (Å²) in [5.74, 6) is 0.0340. The zero-order valence-corrected chi connectivity index (χ0v) is 12.7. The largest absolute Gasteiger partial charge is 0.494 e. The fraction of sp³-hybridized carbons (Fsp3) is 0.312. The van der Waals surface area contributed by atoms with Gasteiger partial charge in [-0.1, -0.05) is 18.2 Å². The van der Waals surface area contributed by atoms with Gasteiger partial charge in [-0.2, -0.15) is 0 Å². The van der Waals surface area contributed by atoms with Crippen LogP contribution in [0.5, 0.6) is 5.75 Å². The average Bonchev–Trinajstić information content (AvgIpc) is 2.98. The van der Waals surface area contributed by atoms with Gasteiger partial charge in [-0.15, -0.1) is 11.3 Å². The number of hydrogen-bond acceptors (Lipinski definition) is 4. The van der Waals surface area contributed by atoms with Crippen molar-refractivity contribution in [1.82, 2.24) is 5.32 Å². The Bertz CT molecular complexity index is 569. The lowest BCUT2D eigenvalue weighted by atomic mass is 10.1. The van der Waals surface area contributed by atoms with Gasteiger partial charge in [0.05, 0.1) is 19.1 Å². The van der Waals surface area contributed by atoms with Gasteiger partial charge >= 0.3 is 5.97 Å². The van der Waals surface area contributed by atoms with Crippen LogP contribution in [0.15, 0.2) is 41.8 Å². The third-order valence-electron chi connectivity index (χ3n) is 3.03. The van der Waals surface area contributed by atoms with Crippen LogP contribution in [0.4, 0.5) is 0 Å². The predicted octanol–water partition coefficient (Wildman–Crippen LogP) is 3.45. The van der Waals surface area contributed by atoms with Crippen LogP contribution in [-0.2, 0) is 11.3 Å². The lowest BCUT2D eigenvalue weighted by molar-refractivity contribution is -0.137. The maximum atomic E-state index is 11.0. The van der Waals surface area contributed by atoms with Crippen molar-refractivity contribution < 1.29 is 14.6 Å². The third-order valence-corrected chi connectivity index (χ3v) is 4.01. The zero-order chi connectivity index (χ0) is 15.1. The number of thiophene rings is 1. The van der Waals surface area contributed by atoms with Crippen molar-refractivity contribution in [1.29, 1.82) is 0 Å². The van der Waals surface area contributed by atoms with E-state index in [4.69, 9.17) is 9.84 Å². The van der Waals surface area contributed by atoms with Crippen molar-refractivity contribution in [2.45, 2.75) is 25.9 Å². The summed E-state index contributed by atoms with van der Waals surface area (Å²) >= 11 is 1.57. The molecule has 0 saturated carbocycles. The number of carboxylic acids is 1. The molecule has 2 N–H and O–H groups in total. The lowest BCUT2D eigenvalue weighted by Crippen LogP contribution is -2.22. The second-order valence-electron chi connectivity index (χ2n) is 4.63. The summed E-state index contributed by atoms with van der Waals surface area (Å²) in [7, 11) is 0. The average molecular weight is 305 g/mol. The molecule has 112 valence electrons. The Labute approximate surface area is 128 Å². The molecule has 0 spiro atoms. The number of nitrogens with one attached hydrogen (secondary N) is 1. The lowest BCUT2D eigenvalue weighted by Gasteiger charge is -2.16. The number of aliphatic carboxylic acids is 1. The van der Waals surface area contributed by atoms with E-state index >= 15 is 0 Å². The number of carboxylic acid groups (broad SMARTS) is 1. The molecule has 0 aliphatic carbocycles. The van der Waals surface area contributed by atoms with Crippen molar-refractivity contribution in [2.24, 2.45) is 0 Å². The Hall–Kier alpha value is -1.85. The molecule has 2 rings (SSSR count). The molecule has 0 bridgehead atoms. The van der Waals surface area contributed by atoms with Crippen molar-refractivity contribution in [3.05, 3.63) is 52.2 Å². The molecule has 0 fully saturated rings. The maximum Gasteiger partial charge on any atom is 0.305 e. The van der Waals surface area contributed by atoms with Crippen molar-refractivity contribution in [3.8, 4) is 5.75 Å². The highest BCUT2D eigenvalue weighted by atomic mass is 32.1. The van der Waals surface area contributed by atoms with Gasteiger partial charge in [-0.3, -0.25) is 4.79 Å². The van der Waals surface area contributed by atoms with E-state index in [1.54, 1.807) is 11.3 Å². The van der Waals surface area contributed by atoms with Gasteiger partial charge in [-0.05, 0) is 36.1 Å². The van der Waals surface area contributed by atoms with Crippen molar-refractivity contribution >= 4 is 17.3 Å². The van der Waals surface area contributed by atoms with Gasteiger partial charge in [0.25, 0.3) is 0 Å². The quantitative estimate of drug-likeness (QED) is 0.784. The van der Waals surface area contributed by atoms with Gasteiger partial charge in [0.15, 0.2) is 0 Å². The first-order chi connectivity index (χ1) is 10.2. The predicted molar refractivity (Wildman–Crippen MR) is 83.8 cm³/mol. The minimum atomic E-state index is -0.802. The summed E-state index contributed by atoms with van der Waals surface area (Å²) in [6.45, 7) is 3.19. The molecule has 0 saturated heterocycles. The van der Waals surface area contributed by atoms with Gasteiger partial charge < -0.3 is 15.2 Å². The van der Waals surface area contributed by atoms with Crippen LogP contribution in [0.25, 0.3) is 0 Å². The van der Waals surface area contributed by atoms with E-state index in [2.05, 4.69) is 5.32 Å². The van der Waals surface area contributed by atoms with Gasteiger partial charge in [-0.25, -0.2) is 0 Å². The first-order valence-electron chi connectivity index (χ1n) is 6.89. The molecular formula is C16H19NO3S. The van der Waals surface area contributed by atoms with E-state index in [1.165, 1.54) is 0 Å². The number of carbonyl (C=O) groups is 1. The number of ether oxygens (including phenoxy) is 1. The smallest absolute Gasteiger partial charge is 0.305 e. The minimum absolute atomic E-state index is 0.0751. The second-order valence-corrected chi connectivity index (χ2v) is 5.61. The molecule has 0 amide bonds. The van der Waals surface area contributed by atoms with Gasteiger partial charge in [0, 0.05) is 11.4 Å². The standard InChI is InChI=1S/C16H19NO3S/c1-2-20-13-6-3-5-12(9-13)11-17-14(10-16(18)19)15-7-4-8-21-15/h3-9,14,17H,2,10-11H2,1H3,(H,18,19). The van der Waals surface area contributed by atoms with Gasteiger partial charge in [0.1, 0.15) is 5.75 Å². The summed E-state index contributed by atoms with van der Waals surface area (Å²) in [5, 5.41) is 14.3. The highest BCUT2D eigenvalue weighted by Crippen LogP contribution is 2.23. The molecule has 1 heterocycles. The molecule has 0 aliphatic heterocycles. The second kappa shape index (κ2) is 7.81.